The van der Waals surface area contributed by atoms with Crippen molar-refractivity contribution in [2.24, 2.45) is 5.73 Å². The van der Waals surface area contributed by atoms with E-state index in [1.165, 1.54) is 12.3 Å². The number of hydrogen-bond donors (Lipinski definition) is 3. The third-order valence-corrected chi connectivity index (χ3v) is 9.45. The fraction of sp³-hybridized carbons (Fsp3) is 0.121. The van der Waals surface area contributed by atoms with E-state index in [0.29, 0.717) is 44.8 Å². The average molecular weight is 607 g/mol. The van der Waals surface area contributed by atoms with Gasteiger partial charge in [-0.25, -0.2) is 8.42 Å². The Hall–Kier alpha value is -5.42. The minimum Gasteiger partial charge on any atom is -0.497 e. The smallest absolute Gasteiger partial charge is 0.252 e. The number of nitrogen functional groups attached to an aromatic ring is 1. The van der Waals surface area contributed by atoms with Crippen LogP contribution in [-0.2, 0) is 9.84 Å². The first kappa shape index (κ1) is 28.7. The van der Waals surface area contributed by atoms with Crippen molar-refractivity contribution < 1.29 is 17.9 Å². The van der Waals surface area contributed by atoms with Crippen LogP contribution >= 0.6 is 0 Å². The van der Waals surface area contributed by atoms with Crippen LogP contribution in [0.25, 0.3) is 21.8 Å². The summed E-state index contributed by atoms with van der Waals surface area (Å²) in [6.07, 6.45) is 3.11. The quantitative estimate of drug-likeness (QED) is 0.185. The second-order valence-corrected chi connectivity index (χ2v) is 12.5. The van der Waals surface area contributed by atoms with Gasteiger partial charge in [0.15, 0.2) is 0 Å². The zero-order valence-electron chi connectivity index (χ0n) is 24.3. The van der Waals surface area contributed by atoms with Crippen molar-refractivity contribution in [3.05, 3.63) is 108 Å². The van der Waals surface area contributed by atoms with Crippen LogP contribution in [-0.4, -0.2) is 36.2 Å². The summed E-state index contributed by atoms with van der Waals surface area (Å²) in [7, 11) is -2.46. The van der Waals surface area contributed by atoms with E-state index in [9.17, 15) is 13.2 Å². The summed E-state index contributed by atoms with van der Waals surface area (Å²) in [6.45, 7) is 3.77. The highest BCUT2D eigenvalue weighted by Crippen LogP contribution is 2.35. The van der Waals surface area contributed by atoms with Gasteiger partial charge in [0.1, 0.15) is 5.75 Å². The standard InChI is InChI=1S/C33H30N6O4S/c1-19-13-27(15-28-31(19)36-18-29(33(35)40)32(28)38-24-5-4-6-25(14-24)43-3)44(41,42)26-12-9-22-17-37-39(30(22)16-26)20(2)21-7-10-23(34)11-8-21/h4-18,20H,34H2,1-3H3,(H2,35,40)(H,36,38)/t20-/m1/s1. The molecule has 2 heterocycles. The van der Waals surface area contributed by atoms with Crippen molar-refractivity contribution in [3.8, 4) is 5.75 Å². The van der Waals surface area contributed by atoms with Crippen LogP contribution in [0.15, 0.2) is 101 Å². The summed E-state index contributed by atoms with van der Waals surface area (Å²) in [6, 6.07) is 22.6. The molecule has 0 unspecified atom stereocenters. The monoisotopic (exact) mass is 606 g/mol. The van der Waals surface area contributed by atoms with Gasteiger partial charge in [0.05, 0.1) is 51.4 Å². The van der Waals surface area contributed by atoms with Crippen LogP contribution in [0.2, 0.25) is 0 Å². The van der Waals surface area contributed by atoms with Gasteiger partial charge in [-0.3, -0.25) is 14.5 Å². The minimum atomic E-state index is -4.02. The molecule has 2 aromatic heterocycles. The normalized spacial score (nSPS) is 12.3. The minimum absolute atomic E-state index is 0.0524. The van der Waals surface area contributed by atoms with Crippen LogP contribution in [0.3, 0.4) is 0 Å². The SMILES string of the molecule is COc1cccc(Nc2c(C(N)=O)cnc3c(C)cc(S(=O)(=O)c4ccc5cnn([C@H](C)c6ccc(N)cc6)c5c4)cc23)c1. The molecule has 222 valence electrons. The Morgan fingerprint density at radius 3 is 2.48 bits per heavy atom. The molecule has 0 fully saturated rings. The highest BCUT2D eigenvalue weighted by molar-refractivity contribution is 7.91. The highest BCUT2D eigenvalue weighted by Gasteiger charge is 2.24. The number of benzene rings is 4. The average Bonchev–Trinajstić information content (AvgIpc) is 3.44. The number of sulfone groups is 1. The summed E-state index contributed by atoms with van der Waals surface area (Å²) < 4.78 is 35.5. The van der Waals surface area contributed by atoms with Crippen molar-refractivity contribution in [2.75, 3.05) is 18.2 Å². The molecule has 0 saturated heterocycles. The van der Waals surface area contributed by atoms with E-state index in [1.807, 2.05) is 31.2 Å². The predicted octanol–water partition coefficient (Wildman–Crippen LogP) is 5.77. The first-order valence-corrected chi connectivity index (χ1v) is 15.3. The van der Waals surface area contributed by atoms with Crippen LogP contribution < -0.4 is 21.5 Å². The van der Waals surface area contributed by atoms with Gasteiger partial charge in [-0.05, 0) is 79.6 Å². The molecule has 0 spiro atoms. The summed E-state index contributed by atoms with van der Waals surface area (Å²) >= 11 is 0. The molecule has 4 aromatic carbocycles. The molecule has 0 aliphatic rings. The second kappa shape index (κ2) is 11.0. The maximum atomic E-state index is 14.2. The van der Waals surface area contributed by atoms with Crippen LogP contribution in [0, 0.1) is 6.92 Å². The van der Waals surface area contributed by atoms with Gasteiger partial charge in [-0.1, -0.05) is 18.2 Å². The Labute approximate surface area is 254 Å². The number of nitrogens with two attached hydrogens (primary N) is 2. The number of methoxy groups -OCH3 is 1. The number of hydrogen-bond acceptors (Lipinski definition) is 8. The number of primary amides is 1. The number of aromatic nitrogens is 3. The molecule has 11 heteroatoms. The van der Waals surface area contributed by atoms with Crippen molar-refractivity contribution in [2.45, 2.75) is 29.7 Å². The number of fused-ring (bicyclic) bond motifs is 2. The summed E-state index contributed by atoms with van der Waals surface area (Å²) in [5.74, 6) is -0.0987. The molecule has 0 aliphatic carbocycles. The zero-order valence-corrected chi connectivity index (χ0v) is 25.1. The lowest BCUT2D eigenvalue weighted by atomic mass is 10.1. The number of nitrogens with one attached hydrogen (secondary N) is 1. The lowest BCUT2D eigenvalue weighted by molar-refractivity contribution is 0.100. The second-order valence-electron chi connectivity index (χ2n) is 10.6. The summed E-state index contributed by atoms with van der Waals surface area (Å²) in [4.78, 5) is 17.1. The Balaban J connectivity index is 1.48. The number of nitrogens with zero attached hydrogens (tertiary/aromatic N) is 3. The van der Waals surface area contributed by atoms with Crippen molar-refractivity contribution in [1.82, 2.24) is 14.8 Å². The van der Waals surface area contributed by atoms with E-state index in [4.69, 9.17) is 16.2 Å². The maximum Gasteiger partial charge on any atom is 0.252 e. The molecule has 0 radical (unpaired) electrons. The number of aryl methyl sites for hydroxylation is 1. The Morgan fingerprint density at radius 2 is 1.75 bits per heavy atom. The van der Waals surface area contributed by atoms with Gasteiger partial charge in [0.25, 0.3) is 5.91 Å². The first-order chi connectivity index (χ1) is 21.1. The Bertz CT molecular complexity index is 2180. The molecule has 5 N–H and O–H groups in total. The number of rotatable bonds is 8. The predicted molar refractivity (Wildman–Crippen MR) is 171 cm³/mol. The van der Waals surface area contributed by atoms with Gasteiger partial charge in [-0.15, -0.1) is 0 Å². The number of ether oxygens (including phenoxy) is 1. The number of carbonyl (C=O) groups excluding carboxylic acids is 1. The fourth-order valence-electron chi connectivity index (χ4n) is 5.31. The summed E-state index contributed by atoms with van der Waals surface area (Å²) in [5, 5.41) is 9.04. The van der Waals surface area contributed by atoms with E-state index in [2.05, 4.69) is 15.4 Å². The van der Waals surface area contributed by atoms with E-state index in [1.54, 1.807) is 73.4 Å². The van der Waals surface area contributed by atoms with E-state index >= 15 is 0 Å². The molecule has 0 bridgehead atoms. The van der Waals surface area contributed by atoms with E-state index in [-0.39, 0.29) is 21.4 Å². The van der Waals surface area contributed by atoms with E-state index < -0.39 is 15.7 Å². The van der Waals surface area contributed by atoms with Crippen LogP contribution in [0.1, 0.15) is 34.5 Å². The highest BCUT2D eigenvalue weighted by atomic mass is 32.2. The third kappa shape index (κ3) is 5.07. The van der Waals surface area contributed by atoms with Gasteiger partial charge < -0.3 is 21.5 Å². The Kier molecular flexibility index (Phi) is 7.18. The molecule has 0 aliphatic heterocycles. The van der Waals surface area contributed by atoms with Crippen molar-refractivity contribution in [3.63, 3.8) is 0 Å². The molecule has 6 rings (SSSR count). The molecule has 44 heavy (non-hydrogen) atoms. The van der Waals surface area contributed by atoms with Gasteiger partial charge in [0.2, 0.25) is 9.84 Å². The van der Waals surface area contributed by atoms with Gasteiger partial charge >= 0.3 is 0 Å². The van der Waals surface area contributed by atoms with Crippen molar-refractivity contribution >= 4 is 54.6 Å². The molecular formula is C33H30N6O4S. The Morgan fingerprint density at radius 1 is 0.977 bits per heavy atom. The summed E-state index contributed by atoms with van der Waals surface area (Å²) in [5.41, 5.74) is 16.1. The first-order valence-electron chi connectivity index (χ1n) is 13.8. The van der Waals surface area contributed by atoms with Crippen LogP contribution in [0.4, 0.5) is 17.1 Å². The molecule has 0 saturated carbocycles. The van der Waals surface area contributed by atoms with Crippen LogP contribution in [0.5, 0.6) is 5.75 Å². The number of amides is 1. The van der Waals surface area contributed by atoms with Gasteiger partial charge in [-0.2, -0.15) is 5.10 Å². The zero-order chi connectivity index (χ0) is 31.2. The fourth-order valence-corrected chi connectivity index (χ4v) is 6.71. The number of carbonyl (C=O) groups is 1. The molecule has 10 nitrogen and oxygen atoms in total. The number of anilines is 3. The molecule has 6 aromatic rings. The third-order valence-electron chi connectivity index (χ3n) is 7.72. The number of pyridine rings is 1. The largest absolute Gasteiger partial charge is 0.497 e. The molecular weight excluding hydrogens is 576 g/mol. The maximum absolute atomic E-state index is 14.2. The topological polar surface area (TPSA) is 155 Å². The molecule has 1 amide bonds. The van der Waals surface area contributed by atoms with Gasteiger partial charge in [0, 0.05) is 34.4 Å². The molecule has 1 atom stereocenters. The van der Waals surface area contributed by atoms with E-state index in [0.717, 1.165) is 10.9 Å². The van der Waals surface area contributed by atoms with Crippen molar-refractivity contribution in [1.29, 1.82) is 0 Å². The lowest BCUT2D eigenvalue weighted by Crippen LogP contribution is -2.14. The lowest BCUT2D eigenvalue weighted by Gasteiger charge is -2.17.